The first-order valence-corrected chi connectivity index (χ1v) is 5.06. The average molecular weight is 207 g/mol. The molecule has 1 unspecified atom stereocenters. The third kappa shape index (κ3) is 3.32. The maximum Gasteiger partial charge on any atom is 0.244 e. The second-order valence-electron chi connectivity index (χ2n) is 3.86. The van der Waals surface area contributed by atoms with Crippen LogP contribution in [-0.4, -0.2) is 16.4 Å². The van der Waals surface area contributed by atoms with E-state index >= 15 is 0 Å². The molecule has 4 heteroatoms. The van der Waals surface area contributed by atoms with E-state index in [1.807, 2.05) is 6.92 Å². The molecule has 82 valence electrons. The van der Waals surface area contributed by atoms with Crippen LogP contribution in [0.15, 0.2) is 24.5 Å². The third-order valence-electron chi connectivity index (χ3n) is 2.23. The molecular formula is C11H17N3O. The van der Waals surface area contributed by atoms with E-state index in [-0.39, 0.29) is 5.91 Å². The van der Waals surface area contributed by atoms with Gasteiger partial charge in [-0.2, -0.15) is 0 Å². The van der Waals surface area contributed by atoms with E-state index < -0.39 is 5.54 Å². The highest BCUT2D eigenvalue weighted by molar-refractivity contribution is 5.97. The lowest BCUT2D eigenvalue weighted by atomic mass is 9.96. The molecule has 3 N–H and O–H groups in total. The molecule has 0 spiro atoms. The molecule has 1 atom stereocenters. The van der Waals surface area contributed by atoms with Crippen LogP contribution in [0, 0.1) is 0 Å². The van der Waals surface area contributed by atoms with E-state index in [0.717, 1.165) is 12.1 Å². The first kappa shape index (κ1) is 11.7. The van der Waals surface area contributed by atoms with Crippen LogP contribution in [0.1, 0.15) is 26.7 Å². The van der Waals surface area contributed by atoms with Gasteiger partial charge in [-0.15, -0.1) is 0 Å². The Labute approximate surface area is 89.9 Å². The van der Waals surface area contributed by atoms with Gasteiger partial charge in [0.25, 0.3) is 0 Å². The topological polar surface area (TPSA) is 68.0 Å². The van der Waals surface area contributed by atoms with Crippen LogP contribution in [-0.2, 0) is 4.79 Å². The summed E-state index contributed by atoms with van der Waals surface area (Å²) < 4.78 is 0. The van der Waals surface area contributed by atoms with Gasteiger partial charge in [0.05, 0.1) is 5.54 Å². The first-order valence-electron chi connectivity index (χ1n) is 5.06. The minimum absolute atomic E-state index is 0.157. The Morgan fingerprint density at radius 3 is 2.67 bits per heavy atom. The Morgan fingerprint density at radius 2 is 2.13 bits per heavy atom. The molecule has 4 nitrogen and oxygen atoms in total. The van der Waals surface area contributed by atoms with E-state index in [1.165, 1.54) is 0 Å². The zero-order valence-electron chi connectivity index (χ0n) is 9.16. The largest absolute Gasteiger partial charge is 0.324 e. The summed E-state index contributed by atoms with van der Waals surface area (Å²) in [6.45, 7) is 3.75. The van der Waals surface area contributed by atoms with Crippen LogP contribution in [0.25, 0.3) is 0 Å². The number of carbonyl (C=O) groups excluding carboxylic acids is 1. The van der Waals surface area contributed by atoms with Crippen molar-refractivity contribution in [1.29, 1.82) is 0 Å². The standard InChI is InChI=1S/C11H17N3O/c1-3-6-11(2,12)10(15)14-9-4-7-13-8-5-9/h4-5,7-8H,3,6,12H2,1-2H3,(H,13,14,15). The fraction of sp³-hybridized carbons (Fsp3) is 0.455. The van der Waals surface area contributed by atoms with Crippen molar-refractivity contribution in [3.05, 3.63) is 24.5 Å². The van der Waals surface area contributed by atoms with Crippen LogP contribution in [0.4, 0.5) is 5.69 Å². The zero-order valence-corrected chi connectivity index (χ0v) is 9.16. The van der Waals surface area contributed by atoms with Gasteiger partial charge < -0.3 is 11.1 Å². The normalized spacial score (nSPS) is 14.3. The van der Waals surface area contributed by atoms with Crippen molar-refractivity contribution in [2.45, 2.75) is 32.2 Å². The fourth-order valence-corrected chi connectivity index (χ4v) is 1.34. The SMILES string of the molecule is CCCC(C)(N)C(=O)Nc1ccncc1. The fourth-order valence-electron chi connectivity index (χ4n) is 1.34. The first-order chi connectivity index (χ1) is 7.06. The highest BCUT2D eigenvalue weighted by Gasteiger charge is 2.26. The lowest BCUT2D eigenvalue weighted by Gasteiger charge is -2.22. The summed E-state index contributed by atoms with van der Waals surface area (Å²) in [5, 5.41) is 2.76. The maximum absolute atomic E-state index is 11.8. The molecule has 1 aromatic rings. The summed E-state index contributed by atoms with van der Waals surface area (Å²) >= 11 is 0. The zero-order chi connectivity index (χ0) is 11.3. The molecule has 1 rings (SSSR count). The third-order valence-corrected chi connectivity index (χ3v) is 2.23. The predicted octanol–water partition coefficient (Wildman–Crippen LogP) is 1.54. The molecule has 0 saturated carbocycles. The number of hydrogen-bond donors (Lipinski definition) is 2. The van der Waals surface area contributed by atoms with Crippen LogP contribution < -0.4 is 11.1 Å². The Hall–Kier alpha value is -1.42. The van der Waals surface area contributed by atoms with E-state index in [2.05, 4.69) is 10.3 Å². The molecule has 0 aliphatic heterocycles. The second-order valence-corrected chi connectivity index (χ2v) is 3.86. The quantitative estimate of drug-likeness (QED) is 0.786. The van der Waals surface area contributed by atoms with Crippen LogP contribution in [0.3, 0.4) is 0 Å². The second kappa shape index (κ2) is 4.89. The van der Waals surface area contributed by atoms with Crippen LogP contribution in [0.5, 0.6) is 0 Å². The number of aromatic nitrogens is 1. The number of carbonyl (C=O) groups is 1. The number of anilines is 1. The number of rotatable bonds is 4. The molecule has 0 aliphatic carbocycles. The van der Waals surface area contributed by atoms with E-state index in [9.17, 15) is 4.79 Å². The van der Waals surface area contributed by atoms with Crippen molar-refractivity contribution in [3.8, 4) is 0 Å². The van der Waals surface area contributed by atoms with Crippen molar-refractivity contribution in [2.75, 3.05) is 5.32 Å². The molecule has 0 aliphatic rings. The smallest absolute Gasteiger partial charge is 0.244 e. The van der Waals surface area contributed by atoms with Gasteiger partial charge in [-0.05, 0) is 25.5 Å². The van der Waals surface area contributed by atoms with E-state index in [4.69, 9.17) is 5.73 Å². The van der Waals surface area contributed by atoms with Gasteiger partial charge in [-0.25, -0.2) is 0 Å². The van der Waals surface area contributed by atoms with Gasteiger partial charge in [0.1, 0.15) is 0 Å². The monoisotopic (exact) mass is 207 g/mol. The summed E-state index contributed by atoms with van der Waals surface area (Å²) in [5.74, 6) is -0.157. The molecule has 0 aromatic carbocycles. The van der Waals surface area contributed by atoms with Gasteiger partial charge in [0.2, 0.25) is 5.91 Å². The summed E-state index contributed by atoms with van der Waals surface area (Å²) in [4.78, 5) is 15.6. The van der Waals surface area contributed by atoms with Crippen molar-refractivity contribution >= 4 is 11.6 Å². The van der Waals surface area contributed by atoms with Gasteiger partial charge in [-0.3, -0.25) is 9.78 Å². The van der Waals surface area contributed by atoms with Crippen molar-refractivity contribution in [2.24, 2.45) is 5.73 Å². The highest BCUT2D eigenvalue weighted by atomic mass is 16.2. The molecule has 1 heterocycles. The lowest BCUT2D eigenvalue weighted by Crippen LogP contribution is -2.48. The number of nitrogens with one attached hydrogen (secondary N) is 1. The molecule has 0 bridgehead atoms. The maximum atomic E-state index is 11.8. The van der Waals surface area contributed by atoms with Crippen molar-refractivity contribution in [1.82, 2.24) is 4.98 Å². The van der Waals surface area contributed by atoms with E-state index in [0.29, 0.717) is 6.42 Å². The Kier molecular flexibility index (Phi) is 3.80. The Bertz CT molecular complexity index is 322. The molecule has 0 saturated heterocycles. The number of amides is 1. The van der Waals surface area contributed by atoms with Gasteiger partial charge in [-0.1, -0.05) is 13.3 Å². The Morgan fingerprint density at radius 1 is 1.53 bits per heavy atom. The van der Waals surface area contributed by atoms with Crippen LogP contribution in [0.2, 0.25) is 0 Å². The number of nitrogens with zero attached hydrogens (tertiary/aromatic N) is 1. The summed E-state index contributed by atoms with van der Waals surface area (Å²) in [6, 6.07) is 3.47. The number of hydrogen-bond acceptors (Lipinski definition) is 3. The van der Waals surface area contributed by atoms with Crippen LogP contribution >= 0.6 is 0 Å². The molecular weight excluding hydrogens is 190 g/mol. The van der Waals surface area contributed by atoms with Gasteiger partial charge in [0.15, 0.2) is 0 Å². The van der Waals surface area contributed by atoms with Gasteiger partial charge >= 0.3 is 0 Å². The number of pyridine rings is 1. The van der Waals surface area contributed by atoms with E-state index in [1.54, 1.807) is 31.5 Å². The van der Waals surface area contributed by atoms with Gasteiger partial charge in [0, 0.05) is 18.1 Å². The Balaban J connectivity index is 2.63. The highest BCUT2D eigenvalue weighted by Crippen LogP contribution is 2.12. The average Bonchev–Trinajstić information content (AvgIpc) is 2.19. The molecule has 0 fully saturated rings. The van der Waals surface area contributed by atoms with Crippen molar-refractivity contribution < 1.29 is 4.79 Å². The minimum atomic E-state index is -0.808. The summed E-state index contributed by atoms with van der Waals surface area (Å²) in [7, 11) is 0. The molecule has 1 aromatic heterocycles. The summed E-state index contributed by atoms with van der Waals surface area (Å²) in [5.41, 5.74) is 5.81. The minimum Gasteiger partial charge on any atom is -0.324 e. The predicted molar refractivity (Wildman–Crippen MR) is 60.4 cm³/mol. The number of nitrogens with two attached hydrogens (primary N) is 1. The molecule has 15 heavy (non-hydrogen) atoms. The summed E-state index contributed by atoms with van der Waals surface area (Å²) in [6.07, 6.45) is 4.81. The molecule has 0 radical (unpaired) electrons. The molecule has 1 amide bonds. The lowest BCUT2D eigenvalue weighted by molar-refractivity contribution is -0.120. The van der Waals surface area contributed by atoms with Crippen molar-refractivity contribution in [3.63, 3.8) is 0 Å².